The Hall–Kier alpha value is -0.900. The third-order valence-electron chi connectivity index (χ3n) is 3.66. The molecular formula is C15H25N3. The molecule has 0 saturated carbocycles. The van der Waals surface area contributed by atoms with Crippen LogP contribution in [0.1, 0.15) is 38.1 Å². The van der Waals surface area contributed by atoms with Crippen molar-refractivity contribution in [1.29, 1.82) is 0 Å². The highest BCUT2D eigenvalue weighted by atomic mass is 15.3. The second kappa shape index (κ2) is 5.39. The van der Waals surface area contributed by atoms with Crippen LogP contribution in [0.4, 0.5) is 0 Å². The van der Waals surface area contributed by atoms with Crippen LogP contribution in [-0.2, 0) is 5.41 Å². The standard InChI is InChI=1S/C15H25N3/c1-15(2,3)13-6-4-12(5-7-13)14(16)18-10-8-17-9-11-18/h4-7,14,17H,8-11,16H2,1-3H3. The lowest BCUT2D eigenvalue weighted by Gasteiger charge is -2.33. The molecule has 1 aromatic rings. The molecule has 3 N–H and O–H groups in total. The third kappa shape index (κ3) is 3.10. The highest BCUT2D eigenvalue weighted by Gasteiger charge is 2.19. The molecular weight excluding hydrogens is 222 g/mol. The van der Waals surface area contributed by atoms with Gasteiger partial charge in [-0.15, -0.1) is 0 Å². The van der Waals surface area contributed by atoms with Crippen LogP contribution in [-0.4, -0.2) is 31.1 Å². The number of nitrogens with zero attached hydrogens (tertiary/aromatic N) is 1. The Morgan fingerprint density at radius 1 is 1.11 bits per heavy atom. The van der Waals surface area contributed by atoms with Crippen LogP contribution in [0.25, 0.3) is 0 Å². The molecule has 2 rings (SSSR count). The van der Waals surface area contributed by atoms with Crippen molar-refractivity contribution in [3.63, 3.8) is 0 Å². The van der Waals surface area contributed by atoms with Gasteiger partial charge in [-0.05, 0) is 16.5 Å². The maximum Gasteiger partial charge on any atom is 0.0836 e. The van der Waals surface area contributed by atoms with Gasteiger partial charge in [0.05, 0.1) is 6.17 Å². The Balaban J connectivity index is 2.09. The van der Waals surface area contributed by atoms with E-state index in [1.165, 1.54) is 11.1 Å². The zero-order valence-electron chi connectivity index (χ0n) is 11.7. The van der Waals surface area contributed by atoms with Gasteiger partial charge in [-0.1, -0.05) is 45.0 Å². The van der Waals surface area contributed by atoms with E-state index in [-0.39, 0.29) is 11.6 Å². The topological polar surface area (TPSA) is 41.3 Å². The van der Waals surface area contributed by atoms with Crippen molar-refractivity contribution in [3.05, 3.63) is 35.4 Å². The van der Waals surface area contributed by atoms with E-state index < -0.39 is 0 Å². The van der Waals surface area contributed by atoms with Crippen molar-refractivity contribution < 1.29 is 0 Å². The maximum atomic E-state index is 6.33. The minimum Gasteiger partial charge on any atom is -0.314 e. The first-order valence-electron chi connectivity index (χ1n) is 6.79. The number of benzene rings is 1. The summed E-state index contributed by atoms with van der Waals surface area (Å²) in [6.45, 7) is 10.8. The molecule has 1 saturated heterocycles. The van der Waals surface area contributed by atoms with Crippen molar-refractivity contribution in [3.8, 4) is 0 Å². The number of hydrogen-bond donors (Lipinski definition) is 2. The van der Waals surface area contributed by atoms with E-state index in [0.29, 0.717) is 0 Å². The molecule has 1 atom stereocenters. The van der Waals surface area contributed by atoms with Crippen molar-refractivity contribution in [2.75, 3.05) is 26.2 Å². The molecule has 0 aromatic heterocycles. The zero-order chi connectivity index (χ0) is 13.2. The Kier molecular flexibility index (Phi) is 4.05. The molecule has 3 nitrogen and oxygen atoms in total. The van der Waals surface area contributed by atoms with E-state index in [1.807, 2.05) is 0 Å². The van der Waals surface area contributed by atoms with E-state index in [9.17, 15) is 0 Å². The Morgan fingerprint density at radius 2 is 1.67 bits per heavy atom. The van der Waals surface area contributed by atoms with Gasteiger partial charge in [0.25, 0.3) is 0 Å². The number of nitrogens with two attached hydrogens (primary N) is 1. The molecule has 100 valence electrons. The van der Waals surface area contributed by atoms with Crippen molar-refractivity contribution in [2.45, 2.75) is 32.4 Å². The Labute approximate surface area is 110 Å². The average Bonchev–Trinajstić information content (AvgIpc) is 2.38. The lowest BCUT2D eigenvalue weighted by atomic mass is 9.86. The van der Waals surface area contributed by atoms with Gasteiger partial charge in [-0.2, -0.15) is 0 Å². The molecule has 1 aliphatic rings. The molecule has 0 spiro atoms. The van der Waals surface area contributed by atoms with Gasteiger partial charge >= 0.3 is 0 Å². The fourth-order valence-corrected chi connectivity index (χ4v) is 2.35. The van der Waals surface area contributed by atoms with Gasteiger partial charge in [-0.3, -0.25) is 4.90 Å². The van der Waals surface area contributed by atoms with Crippen LogP contribution in [0.5, 0.6) is 0 Å². The third-order valence-corrected chi connectivity index (χ3v) is 3.66. The smallest absolute Gasteiger partial charge is 0.0836 e. The van der Waals surface area contributed by atoms with Crippen LogP contribution in [0.15, 0.2) is 24.3 Å². The molecule has 0 radical (unpaired) electrons. The van der Waals surface area contributed by atoms with Crippen LogP contribution in [0.2, 0.25) is 0 Å². The molecule has 1 unspecified atom stereocenters. The quantitative estimate of drug-likeness (QED) is 0.838. The Morgan fingerprint density at radius 3 is 2.17 bits per heavy atom. The summed E-state index contributed by atoms with van der Waals surface area (Å²) in [6.07, 6.45) is 0.0288. The van der Waals surface area contributed by atoms with Gasteiger partial charge in [0.15, 0.2) is 0 Å². The molecule has 3 heteroatoms. The second-order valence-corrected chi connectivity index (χ2v) is 6.10. The summed E-state index contributed by atoms with van der Waals surface area (Å²) in [4.78, 5) is 2.34. The van der Waals surface area contributed by atoms with E-state index in [4.69, 9.17) is 5.73 Å². The molecule has 1 aromatic carbocycles. The molecule has 1 aliphatic heterocycles. The highest BCUT2D eigenvalue weighted by Crippen LogP contribution is 2.24. The summed E-state index contributed by atoms with van der Waals surface area (Å²) < 4.78 is 0. The molecule has 1 fully saturated rings. The fraction of sp³-hybridized carbons (Fsp3) is 0.600. The minimum absolute atomic E-state index is 0.0288. The normalized spacial score (nSPS) is 19.8. The largest absolute Gasteiger partial charge is 0.314 e. The summed E-state index contributed by atoms with van der Waals surface area (Å²) in [5, 5.41) is 3.35. The van der Waals surface area contributed by atoms with Crippen LogP contribution in [0.3, 0.4) is 0 Å². The summed E-state index contributed by atoms with van der Waals surface area (Å²) in [5.41, 5.74) is 9.11. The maximum absolute atomic E-state index is 6.33. The minimum atomic E-state index is 0.0288. The van der Waals surface area contributed by atoms with E-state index >= 15 is 0 Å². The molecule has 0 amide bonds. The summed E-state index contributed by atoms with van der Waals surface area (Å²) in [6, 6.07) is 8.76. The van der Waals surface area contributed by atoms with E-state index in [0.717, 1.165) is 26.2 Å². The lowest BCUT2D eigenvalue weighted by Crippen LogP contribution is -2.47. The Bertz CT molecular complexity index is 372. The number of rotatable bonds is 2. The van der Waals surface area contributed by atoms with Gasteiger partial charge in [-0.25, -0.2) is 0 Å². The SMILES string of the molecule is CC(C)(C)c1ccc(C(N)N2CCNCC2)cc1. The first-order chi connectivity index (χ1) is 8.48. The number of hydrogen-bond acceptors (Lipinski definition) is 3. The predicted molar refractivity (Wildman–Crippen MR) is 76.5 cm³/mol. The van der Waals surface area contributed by atoms with Crippen LogP contribution >= 0.6 is 0 Å². The first-order valence-corrected chi connectivity index (χ1v) is 6.79. The van der Waals surface area contributed by atoms with Gasteiger partial charge in [0.1, 0.15) is 0 Å². The fourth-order valence-electron chi connectivity index (χ4n) is 2.35. The van der Waals surface area contributed by atoms with E-state index in [1.54, 1.807) is 0 Å². The molecule has 1 heterocycles. The van der Waals surface area contributed by atoms with Crippen LogP contribution in [0, 0.1) is 0 Å². The molecule has 0 aliphatic carbocycles. The van der Waals surface area contributed by atoms with Crippen molar-refractivity contribution >= 4 is 0 Å². The second-order valence-electron chi connectivity index (χ2n) is 6.10. The predicted octanol–water partition coefficient (Wildman–Crippen LogP) is 1.85. The summed E-state index contributed by atoms with van der Waals surface area (Å²) in [5.74, 6) is 0. The summed E-state index contributed by atoms with van der Waals surface area (Å²) in [7, 11) is 0. The number of nitrogens with one attached hydrogen (secondary N) is 1. The highest BCUT2D eigenvalue weighted by molar-refractivity contribution is 5.29. The van der Waals surface area contributed by atoms with Crippen molar-refractivity contribution in [2.24, 2.45) is 5.73 Å². The number of piperazine rings is 1. The monoisotopic (exact) mass is 247 g/mol. The van der Waals surface area contributed by atoms with Crippen LogP contribution < -0.4 is 11.1 Å². The molecule has 0 bridgehead atoms. The van der Waals surface area contributed by atoms with E-state index in [2.05, 4.69) is 55.3 Å². The van der Waals surface area contributed by atoms with Gasteiger partial charge in [0.2, 0.25) is 0 Å². The average molecular weight is 247 g/mol. The van der Waals surface area contributed by atoms with Crippen molar-refractivity contribution in [1.82, 2.24) is 10.2 Å². The zero-order valence-corrected chi connectivity index (χ0v) is 11.7. The summed E-state index contributed by atoms with van der Waals surface area (Å²) >= 11 is 0. The lowest BCUT2D eigenvalue weighted by molar-refractivity contribution is 0.177. The van der Waals surface area contributed by atoms with Gasteiger partial charge < -0.3 is 11.1 Å². The van der Waals surface area contributed by atoms with Gasteiger partial charge in [0, 0.05) is 26.2 Å². The first kappa shape index (κ1) is 13.5. The molecule has 18 heavy (non-hydrogen) atoms.